The first-order chi connectivity index (χ1) is 21.7. The number of hydrogen-bond donors (Lipinski definition) is 3. The molecule has 3 fully saturated rings. The molecular formula is C35H52N4O8. The van der Waals surface area contributed by atoms with Crippen molar-refractivity contribution in [3.8, 4) is 0 Å². The van der Waals surface area contributed by atoms with Crippen molar-refractivity contribution in [3.05, 3.63) is 24.2 Å². The van der Waals surface area contributed by atoms with Gasteiger partial charge in [-0.05, 0) is 52.9 Å². The predicted molar refractivity (Wildman–Crippen MR) is 172 cm³/mol. The van der Waals surface area contributed by atoms with Crippen molar-refractivity contribution in [1.82, 2.24) is 15.5 Å². The van der Waals surface area contributed by atoms with Crippen molar-refractivity contribution >= 4 is 35.4 Å². The molecule has 260 valence electrons. The fourth-order valence-electron chi connectivity index (χ4n) is 7.07. The van der Waals surface area contributed by atoms with Gasteiger partial charge >= 0.3 is 12.0 Å². The van der Waals surface area contributed by atoms with E-state index in [1.54, 1.807) is 11.0 Å². The summed E-state index contributed by atoms with van der Waals surface area (Å²) in [6, 6.07) is -1.85. The Bertz CT molecular complexity index is 1370. The average Bonchev–Trinajstić information content (AvgIpc) is 3.66. The quantitative estimate of drug-likeness (QED) is 0.200. The van der Waals surface area contributed by atoms with Crippen LogP contribution in [0.3, 0.4) is 0 Å². The van der Waals surface area contributed by atoms with E-state index >= 15 is 0 Å². The molecule has 4 rings (SSSR count). The number of ether oxygens (including phenoxy) is 1. The highest BCUT2D eigenvalue weighted by atomic mass is 16.5. The number of urea groups is 1. The lowest BCUT2D eigenvalue weighted by atomic mass is 9.84. The van der Waals surface area contributed by atoms with Crippen molar-refractivity contribution in [2.24, 2.45) is 45.7 Å². The summed E-state index contributed by atoms with van der Waals surface area (Å²) in [4.78, 5) is 80.9. The van der Waals surface area contributed by atoms with E-state index in [9.17, 15) is 28.8 Å². The number of Topliss-reactive ketones (excluding diaryl/α,β-unsaturated/α-hetero) is 2. The summed E-state index contributed by atoms with van der Waals surface area (Å²) < 4.78 is 10.5. The van der Waals surface area contributed by atoms with Gasteiger partial charge in [0.2, 0.25) is 11.7 Å². The second-order valence-electron chi connectivity index (χ2n) is 16.6. The molecule has 4 amide bonds. The van der Waals surface area contributed by atoms with Crippen molar-refractivity contribution in [1.29, 1.82) is 0 Å². The summed E-state index contributed by atoms with van der Waals surface area (Å²) in [6.07, 6.45) is 5.39. The first-order valence-electron chi connectivity index (χ1n) is 16.6. The average molecular weight is 657 g/mol. The minimum absolute atomic E-state index is 0.0159. The molecule has 1 unspecified atom stereocenters. The SMILES string of the molecule is CC(C)(C)C[C@H](NC(=O)N[C@H](C(=O)N1C[C@H]2[C@@H]([C@H]1C(=O)CC(CC1CC1)C(=O)C(N)=O)C2(C)C)C(C)(C)C)C(=O)OCc1ccoc1. The zero-order valence-corrected chi connectivity index (χ0v) is 29.0. The highest BCUT2D eigenvalue weighted by Gasteiger charge is 2.69. The number of nitrogens with two attached hydrogens (primary N) is 1. The van der Waals surface area contributed by atoms with Gasteiger partial charge in [-0.3, -0.25) is 19.2 Å². The number of carbonyl (C=O) groups is 6. The van der Waals surface area contributed by atoms with Crippen LogP contribution >= 0.6 is 0 Å². The van der Waals surface area contributed by atoms with Gasteiger partial charge in [-0.2, -0.15) is 0 Å². The van der Waals surface area contributed by atoms with Gasteiger partial charge in [0, 0.05) is 24.4 Å². The lowest BCUT2D eigenvalue weighted by molar-refractivity contribution is -0.148. The van der Waals surface area contributed by atoms with Crippen molar-refractivity contribution in [2.45, 2.75) is 112 Å². The number of rotatable bonds is 14. The largest absolute Gasteiger partial charge is 0.472 e. The first kappa shape index (κ1) is 36.1. The molecule has 2 aliphatic carbocycles. The summed E-state index contributed by atoms with van der Waals surface area (Å²) in [5, 5.41) is 5.52. The number of fused-ring (bicyclic) bond motifs is 1. The van der Waals surface area contributed by atoms with E-state index in [0.29, 0.717) is 24.4 Å². The zero-order valence-electron chi connectivity index (χ0n) is 29.0. The van der Waals surface area contributed by atoms with Gasteiger partial charge in [0.05, 0.1) is 18.6 Å². The standard InChI is InChI=1S/C35H52N4O8/c1-33(2,3)15-23(31(44)47-18-20-11-12-46-17-20)37-32(45)38-28(34(4,5)6)30(43)39-16-22-25(35(22,7)8)26(39)24(40)14-21(13-19-9-10-19)27(41)29(36)42/h11-12,17,19,21-23,25-26,28H,9-10,13-16,18H2,1-8H3,(H2,36,42)(H2,37,38,45)/t21?,22-,23-,25-,26+,28+/m0/s1. The molecule has 4 N–H and O–H groups in total. The molecule has 2 saturated carbocycles. The van der Waals surface area contributed by atoms with Crippen molar-refractivity contribution < 1.29 is 37.9 Å². The van der Waals surface area contributed by atoms with E-state index in [2.05, 4.69) is 24.5 Å². The smallest absolute Gasteiger partial charge is 0.329 e. The van der Waals surface area contributed by atoms with Crippen LogP contribution in [0.4, 0.5) is 4.79 Å². The third kappa shape index (κ3) is 8.81. The molecule has 1 saturated heterocycles. The Morgan fingerprint density at radius 1 is 1.06 bits per heavy atom. The predicted octanol–water partition coefficient (Wildman–Crippen LogP) is 3.75. The number of carbonyl (C=O) groups excluding carboxylic acids is 6. The van der Waals surface area contributed by atoms with Crippen LogP contribution in [-0.4, -0.2) is 65.0 Å². The highest BCUT2D eigenvalue weighted by Crippen LogP contribution is 2.65. The number of nitrogens with one attached hydrogen (secondary N) is 2. The minimum Gasteiger partial charge on any atom is -0.472 e. The molecule has 6 atom stereocenters. The van der Waals surface area contributed by atoms with Gasteiger partial charge in [0.15, 0.2) is 5.78 Å². The van der Waals surface area contributed by atoms with Gasteiger partial charge in [-0.15, -0.1) is 0 Å². The fraction of sp³-hybridized carbons (Fsp3) is 0.714. The topological polar surface area (TPSA) is 178 Å². The zero-order chi connectivity index (χ0) is 35.1. The van der Waals surface area contributed by atoms with E-state index < -0.39 is 59.1 Å². The van der Waals surface area contributed by atoms with E-state index in [4.69, 9.17) is 14.9 Å². The fourth-order valence-corrected chi connectivity index (χ4v) is 7.07. The molecule has 1 aromatic heterocycles. The van der Waals surface area contributed by atoms with Crippen molar-refractivity contribution in [3.63, 3.8) is 0 Å². The second kappa shape index (κ2) is 13.4. The summed E-state index contributed by atoms with van der Waals surface area (Å²) in [5.41, 5.74) is 4.73. The van der Waals surface area contributed by atoms with E-state index in [1.165, 1.54) is 12.5 Å². The summed E-state index contributed by atoms with van der Waals surface area (Å²) in [7, 11) is 0. The van der Waals surface area contributed by atoms with Gasteiger partial charge in [-0.1, -0.05) is 68.2 Å². The third-order valence-corrected chi connectivity index (χ3v) is 9.95. The molecule has 12 heteroatoms. The molecule has 1 aliphatic heterocycles. The normalized spacial score (nSPS) is 23.6. The molecule has 1 aromatic rings. The van der Waals surface area contributed by atoms with E-state index in [0.717, 1.165) is 12.8 Å². The maximum absolute atomic E-state index is 14.3. The van der Waals surface area contributed by atoms with Gasteiger partial charge < -0.3 is 30.4 Å². The number of amides is 4. The molecule has 2 heterocycles. The van der Waals surface area contributed by atoms with Crippen LogP contribution in [0.1, 0.15) is 93.1 Å². The molecule has 0 radical (unpaired) electrons. The van der Waals surface area contributed by atoms with Crippen LogP contribution in [0.25, 0.3) is 0 Å². The lowest BCUT2D eigenvalue weighted by Gasteiger charge is -2.38. The molecule has 0 aromatic carbocycles. The monoisotopic (exact) mass is 656 g/mol. The summed E-state index contributed by atoms with van der Waals surface area (Å²) in [6.45, 7) is 15.7. The van der Waals surface area contributed by atoms with Crippen LogP contribution in [0.15, 0.2) is 23.0 Å². The lowest BCUT2D eigenvalue weighted by Crippen LogP contribution is -2.60. The Hall–Kier alpha value is -3.70. The molecule has 47 heavy (non-hydrogen) atoms. The Balaban J connectivity index is 1.50. The molecule has 0 spiro atoms. The molecule has 12 nitrogen and oxygen atoms in total. The Morgan fingerprint density at radius 3 is 2.26 bits per heavy atom. The highest BCUT2D eigenvalue weighted by molar-refractivity contribution is 6.36. The number of furan rings is 1. The summed E-state index contributed by atoms with van der Waals surface area (Å²) >= 11 is 0. The van der Waals surface area contributed by atoms with Crippen LogP contribution < -0.4 is 16.4 Å². The number of piperidine rings is 1. The van der Waals surface area contributed by atoms with E-state index in [1.807, 2.05) is 41.5 Å². The Kier molecular flexibility index (Phi) is 10.3. The third-order valence-electron chi connectivity index (χ3n) is 9.95. The molecule has 0 bridgehead atoms. The first-order valence-corrected chi connectivity index (χ1v) is 16.6. The number of hydrogen-bond acceptors (Lipinski definition) is 8. The van der Waals surface area contributed by atoms with Gasteiger partial charge in [0.1, 0.15) is 18.7 Å². The van der Waals surface area contributed by atoms with E-state index in [-0.39, 0.29) is 47.9 Å². The second-order valence-corrected chi connectivity index (χ2v) is 16.6. The van der Waals surface area contributed by atoms with Crippen molar-refractivity contribution in [2.75, 3.05) is 6.54 Å². The maximum Gasteiger partial charge on any atom is 0.329 e. The number of likely N-dealkylation sites (tertiary alicyclic amines) is 1. The number of ketones is 2. The number of nitrogens with zero attached hydrogens (tertiary/aromatic N) is 1. The molecule has 3 aliphatic rings. The summed E-state index contributed by atoms with van der Waals surface area (Å²) in [5.74, 6) is -3.61. The Labute approximate surface area is 277 Å². The minimum atomic E-state index is -1.05. The number of primary amides is 1. The van der Waals surface area contributed by atoms with Gasteiger partial charge in [-0.25, -0.2) is 9.59 Å². The maximum atomic E-state index is 14.3. The van der Waals surface area contributed by atoms with Crippen LogP contribution in [0, 0.1) is 39.9 Å². The van der Waals surface area contributed by atoms with Crippen LogP contribution in [-0.2, 0) is 35.3 Å². The van der Waals surface area contributed by atoms with Gasteiger partial charge in [0.25, 0.3) is 5.91 Å². The Morgan fingerprint density at radius 2 is 1.72 bits per heavy atom. The van der Waals surface area contributed by atoms with Crippen LogP contribution in [0.2, 0.25) is 0 Å². The number of esters is 1. The van der Waals surface area contributed by atoms with Crippen LogP contribution in [0.5, 0.6) is 0 Å². The molecular weight excluding hydrogens is 604 g/mol.